The van der Waals surface area contributed by atoms with Crippen molar-refractivity contribution >= 4 is 39.3 Å². The molecule has 1 aliphatic rings. The summed E-state index contributed by atoms with van der Waals surface area (Å²) in [5.74, 6) is -1.96. The summed E-state index contributed by atoms with van der Waals surface area (Å²) in [6, 6.07) is 13.2. The normalized spacial score (nSPS) is 17.9. The fourth-order valence-electron chi connectivity index (χ4n) is 3.56. The fraction of sp³-hybridized carbons (Fsp3) is 0.304. The van der Waals surface area contributed by atoms with Gasteiger partial charge in [0.15, 0.2) is 9.84 Å². The van der Waals surface area contributed by atoms with E-state index >= 15 is 0 Å². The largest absolute Gasteiger partial charge is 0.465 e. The summed E-state index contributed by atoms with van der Waals surface area (Å²) in [6.45, 7) is 2.27. The number of amides is 4. The zero-order chi connectivity index (χ0) is 25.1. The maximum atomic E-state index is 13.2. The highest BCUT2D eigenvalue weighted by atomic mass is 32.2. The number of rotatable bonds is 8. The number of hydrogen-bond acceptors (Lipinski definition) is 7. The first-order chi connectivity index (χ1) is 16.0. The van der Waals surface area contributed by atoms with Crippen molar-refractivity contribution in [2.45, 2.75) is 24.3 Å². The van der Waals surface area contributed by atoms with Crippen LogP contribution in [0.2, 0.25) is 0 Å². The maximum absolute atomic E-state index is 13.2. The molecule has 0 aromatic heterocycles. The van der Waals surface area contributed by atoms with E-state index in [4.69, 9.17) is 4.74 Å². The van der Waals surface area contributed by atoms with Gasteiger partial charge in [-0.2, -0.15) is 0 Å². The van der Waals surface area contributed by atoms with Crippen LogP contribution in [-0.4, -0.2) is 63.1 Å². The molecule has 0 aliphatic carbocycles. The lowest BCUT2D eigenvalue weighted by Gasteiger charge is -2.25. The second-order valence-electron chi connectivity index (χ2n) is 7.86. The van der Waals surface area contributed by atoms with Crippen LogP contribution < -0.4 is 10.2 Å². The Morgan fingerprint density at radius 2 is 1.68 bits per heavy atom. The lowest BCUT2D eigenvalue weighted by molar-refractivity contribution is -0.142. The van der Waals surface area contributed by atoms with Crippen molar-refractivity contribution in [2.75, 3.05) is 30.9 Å². The van der Waals surface area contributed by atoms with E-state index in [1.165, 1.54) is 31.2 Å². The average molecular weight is 488 g/mol. The van der Waals surface area contributed by atoms with E-state index in [-0.39, 0.29) is 18.0 Å². The number of sulfone groups is 1. The summed E-state index contributed by atoms with van der Waals surface area (Å²) >= 11 is 0. The Morgan fingerprint density at radius 3 is 2.24 bits per heavy atom. The van der Waals surface area contributed by atoms with Gasteiger partial charge in [0.05, 0.1) is 11.5 Å². The third-order valence-electron chi connectivity index (χ3n) is 5.39. The highest BCUT2D eigenvalue weighted by molar-refractivity contribution is 7.90. The Morgan fingerprint density at radius 1 is 1.06 bits per heavy atom. The fourth-order valence-corrected chi connectivity index (χ4v) is 4.19. The van der Waals surface area contributed by atoms with Gasteiger partial charge in [-0.15, -0.1) is 0 Å². The van der Waals surface area contributed by atoms with Crippen molar-refractivity contribution in [3.8, 4) is 0 Å². The molecule has 0 saturated carbocycles. The smallest absolute Gasteiger partial charge is 0.326 e. The first-order valence-electron chi connectivity index (χ1n) is 10.4. The van der Waals surface area contributed by atoms with E-state index < -0.39 is 45.7 Å². The number of nitrogens with zero attached hydrogens (tertiary/aromatic N) is 2. The Labute approximate surface area is 197 Å². The first kappa shape index (κ1) is 24.9. The van der Waals surface area contributed by atoms with E-state index in [1.54, 1.807) is 37.3 Å². The number of nitrogens with one attached hydrogen (secondary N) is 1. The molecule has 3 rings (SSSR count). The summed E-state index contributed by atoms with van der Waals surface area (Å²) in [6.07, 6.45) is 1.06. The van der Waals surface area contributed by atoms with Gasteiger partial charge in [0.2, 0.25) is 5.91 Å². The summed E-state index contributed by atoms with van der Waals surface area (Å²) in [7, 11) is -3.43. The van der Waals surface area contributed by atoms with E-state index in [2.05, 4.69) is 5.32 Å². The molecular weight excluding hydrogens is 462 g/mol. The Hall–Kier alpha value is -3.73. The van der Waals surface area contributed by atoms with Crippen LogP contribution in [0.1, 0.15) is 19.4 Å². The van der Waals surface area contributed by atoms with Crippen LogP contribution in [0, 0.1) is 0 Å². The molecule has 0 radical (unpaired) electrons. The van der Waals surface area contributed by atoms with Crippen molar-refractivity contribution in [2.24, 2.45) is 0 Å². The van der Waals surface area contributed by atoms with Gasteiger partial charge in [0, 0.05) is 11.9 Å². The quantitative estimate of drug-likeness (QED) is 0.441. The van der Waals surface area contributed by atoms with Crippen LogP contribution in [0.3, 0.4) is 0 Å². The average Bonchev–Trinajstić information content (AvgIpc) is 3.01. The second-order valence-corrected chi connectivity index (χ2v) is 9.88. The molecule has 2 aromatic carbocycles. The molecule has 10 nitrogen and oxygen atoms in total. The number of benzene rings is 2. The predicted octanol–water partition coefficient (Wildman–Crippen LogP) is 1.45. The van der Waals surface area contributed by atoms with Gasteiger partial charge in [0.25, 0.3) is 5.91 Å². The molecule has 1 aliphatic heterocycles. The zero-order valence-corrected chi connectivity index (χ0v) is 19.8. The van der Waals surface area contributed by atoms with Crippen LogP contribution in [0.4, 0.5) is 10.5 Å². The van der Waals surface area contributed by atoms with Gasteiger partial charge in [-0.1, -0.05) is 30.3 Å². The highest BCUT2D eigenvalue weighted by Crippen LogP contribution is 2.30. The van der Waals surface area contributed by atoms with Gasteiger partial charge < -0.3 is 10.1 Å². The number of imide groups is 1. The van der Waals surface area contributed by atoms with E-state index in [0.29, 0.717) is 11.3 Å². The van der Waals surface area contributed by atoms with Gasteiger partial charge in [0.1, 0.15) is 18.6 Å². The van der Waals surface area contributed by atoms with Crippen molar-refractivity contribution in [1.82, 2.24) is 10.2 Å². The molecule has 180 valence electrons. The molecule has 4 amide bonds. The van der Waals surface area contributed by atoms with Crippen molar-refractivity contribution in [3.63, 3.8) is 0 Å². The minimum Gasteiger partial charge on any atom is -0.465 e. The third kappa shape index (κ3) is 5.09. The number of esters is 1. The van der Waals surface area contributed by atoms with E-state index in [1.807, 2.05) is 0 Å². The molecule has 0 bridgehead atoms. The molecule has 1 fully saturated rings. The second kappa shape index (κ2) is 9.64. The lowest BCUT2D eigenvalue weighted by Crippen LogP contribution is -2.46. The van der Waals surface area contributed by atoms with Crippen LogP contribution in [-0.2, 0) is 34.5 Å². The Balaban J connectivity index is 1.84. The molecule has 1 atom stereocenters. The summed E-state index contributed by atoms with van der Waals surface area (Å²) in [5, 5.41) is 2.58. The van der Waals surface area contributed by atoms with Gasteiger partial charge in [-0.3, -0.25) is 24.2 Å². The number of urea groups is 1. The number of anilines is 1. The SMILES string of the molecule is CCOC(=O)CN(C(=O)CN1C(=O)NC(C)(c2ccc(S(C)(=O)=O)cc2)C1=O)c1ccccc1. The highest BCUT2D eigenvalue weighted by Gasteiger charge is 2.49. The Bertz CT molecular complexity index is 1210. The number of carbonyl (C=O) groups is 4. The van der Waals surface area contributed by atoms with Crippen molar-refractivity contribution in [1.29, 1.82) is 0 Å². The molecule has 1 saturated heterocycles. The number of hydrogen-bond donors (Lipinski definition) is 1. The van der Waals surface area contributed by atoms with Crippen molar-refractivity contribution < 1.29 is 32.3 Å². The topological polar surface area (TPSA) is 130 Å². The van der Waals surface area contributed by atoms with Crippen LogP contribution in [0.5, 0.6) is 0 Å². The molecule has 1 heterocycles. The minimum absolute atomic E-state index is 0.0705. The van der Waals surface area contributed by atoms with Crippen LogP contribution in [0.25, 0.3) is 0 Å². The van der Waals surface area contributed by atoms with Gasteiger partial charge >= 0.3 is 12.0 Å². The van der Waals surface area contributed by atoms with Crippen molar-refractivity contribution in [3.05, 3.63) is 60.2 Å². The molecule has 34 heavy (non-hydrogen) atoms. The Kier molecular flexibility index (Phi) is 7.06. The summed E-state index contributed by atoms with van der Waals surface area (Å²) in [5.41, 5.74) is -0.724. The summed E-state index contributed by atoms with van der Waals surface area (Å²) in [4.78, 5) is 53.0. The predicted molar refractivity (Wildman–Crippen MR) is 123 cm³/mol. The molecule has 0 spiro atoms. The third-order valence-corrected chi connectivity index (χ3v) is 6.52. The number of para-hydroxylation sites is 1. The van der Waals surface area contributed by atoms with E-state index in [0.717, 1.165) is 16.1 Å². The maximum Gasteiger partial charge on any atom is 0.326 e. The lowest BCUT2D eigenvalue weighted by atomic mass is 9.92. The van der Waals surface area contributed by atoms with Crippen LogP contribution in [0.15, 0.2) is 59.5 Å². The molecular formula is C23H25N3O7S. The number of ether oxygens (including phenoxy) is 1. The minimum atomic E-state index is -3.43. The monoisotopic (exact) mass is 487 g/mol. The van der Waals surface area contributed by atoms with Gasteiger partial charge in [-0.05, 0) is 43.7 Å². The van der Waals surface area contributed by atoms with Gasteiger partial charge in [-0.25, -0.2) is 13.2 Å². The van der Waals surface area contributed by atoms with Crippen LogP contribution >= 0.6 is 0 Å². The molecule has 1 N–H and O–H groups in total. The standard InChI is InChI=1S/C23H25N3O7S/c1-4-33-20(28)15-25(17-8-6-5-7-9-17)19(27)14-26-21(29)23(2,24-22(26)30)16-10-12-18(13-11-16)34(3,31)32/h5-13H,4,14-15H2,1-3H3,(H,24,30). The zero-order valence-electron chi connectivity index (χ0n) is 19.0. The molecule has 11 heteroatoms. The molecule has 2 aromatic rings. The summed E-state index contributed by atoms with van der Waals surface area (Å²) < 4.78 is 28.4. The van der Waals surface area contributed by atoms with E-state index in [9.17, 15) is 27.6 Å². The molecule has 1 unspecified atom stereocenters. The number of carbonyl (C=O) groups excluding carboxylic acids is 4. The first-order valence-corrected chi connectivity index (χ1v) is 12.3.